The first kappa shape index (κ1) is 22.4. The van der Waals surface area contributed by atoms with Crippen molar-refractivity contribution in [2.75, 3.05) is 5.32 Å². The van der Waals surface area contributed by atoms with E-state index < -0.39 is 0 Å². The predicted molar refractivity (Wildman–Crippen MR) is 122 cm³/mol. The first-order valence-corrected chi connectivity index (χ1v) is 11.8. The number of nitrogens with zero attached hydrogens (tertiary/aromatic N) is 5. The molecule has 8 nitrogen and oxygen atoms in total. The lowest BCUT2D eigenvalue weighted by molar-refractivity contribution is -0.139. The van der Waals surface area contributed by atoms with Gasteiger partial charge in [-0.25, -0.2) is 4.68 Å². The number of likely N-dealkylation sites (tertiary alicyclic amines) is 1. The molecule has 1 aliphatic carbocycles. The van der Waals surface area contributed by atoms with Gasteiger partial charge in [-0.15, -0.1) is 5.10 Å². The molecule has 1 aromatic heterocycles. The Bertz CT molecular complexity index is 951. The lowest BCUT2D eigenvalue weighted by Gasteiger charge is -2.34. The van der Waals surface area contributed by atoms with Gasteiger partial charge in [-0.3, -0.25) is 14.5 Å². The summed E-state index contributed by atoms with van der Waals surface area (Å²) in [6.07, 6.45) is 6.94. The maximum atomic E-state index is 11.9. The molecule has 0 radical (unpaired) electrons. The Labute approximate surface area is 189 Å². The molecule has 2 amide bonds. The van der Waals surface area contributed by atoms with Crippen LogP contribution in [0.4, 0.5) is 5.69 Å². The van der Waals surface area contributed by atoms with Gasteiger partial charge >= 0.3 is 0 Å². The van der Waals surface area contributed by atoms with Crippen molar-refractivity contribution >= 4 is 17.5 Å². The van der Waals surface area contributed by atoms with E-state index in [1.54, 1.807) is 0 Å². The summed E-state index contributed by atoms with van der Waals surface area (Å²) in [7, 11) is 0. The molecular formula is C24H34N6O2. The molecule has 0 bridgehead atoms. The van der Waals surface area contributed by atoms with Crippen LogP contribution in [-0.2, 0) is 28.2 Å². The second-order valence-corrected chi connectivity index (χ2v) is 10.0. The van der Waals surface area contributed by atoms with Crippen LogP contribution in [0.2, 0.25) is 0 Å². The molecule has 1 aliphatic heterocycles. The predicted octanol–water partition coefficient (Wildman–Crippen LogP) is 4.03. The van der Waals surface area contributed by atoms with Gasteiger partial charge in [0.2, 0.25) is 11.8 Å². The van der Waals surface area contributed by atoms with E-state index in [1.165, 1.54) is 11.3 Å². The minimum Gasteiger partial charge on any atom is -0.373 e. The number of carbonyl (C=O) groups is 2. The fourth-order valence-corrected chi connectivity index (χ4v) is 4.94. The van der Waals surface area contributed by atoms with E-state index in [2.05, 4.69) is 41.6 Å². The van der Waals surface area contributed by atoms with Crippen molar-refractivity contribution in [3.63, 3.8) is 0 Å². The van der Waals surface area contributed by atoms with E-state index in [1.807, 2.05) is 28.9 Å². The van der Waals surface area contributed by atoms with Gasteiger partial charge in [0.25, 0.3) is 0 Å². The third kappa shape index (κ3) is 4.69. The number of imide groups is 1. The van der Waals surface area contributed by atoms with Gasteiger partial charge in [0.1, 0.15) is 0 Å². The van der Waals surface area contributed by atoms with Crippen LogP contribution in [0.5, 0.6) is 0 Å². The number of anilines is 1. The van der Waals surface area contributed by atoms with Crippen LogP contribution in [0, 0.1) is 5.41 Å². The van der Waals surface area contributed by atoms with Gasteiger partial charge < -0.3 is 5.32 Å². The standard InChI is InChI=1S/C24H34N6O2/c1-4-16-30-22(26-27-28-30)24(13-5-12-23(2,3)14-15-24)25-19-8-6-18(7-9-19)17-29-20(31)10-11-21(29)32/h6-9,25H,4-5,10-17H2,1-3H3. The molecular weight excluding hydrogens is 404 g/mol. The molecule has 1 N–H and O–H groups in total. The highest BCUT2D eigenvalue weighted by molar-refractivity contribution is 6.01. The van der Waals surface area contributed by atoms with Crippen LogP contribution in [0.15, 0.2) is 24.3 Å². The highest BCUT2D eigenvalue weighted by atomic mass is 16.2. The molecule has 32 heavy (non-hydrogen) atoms. The normalized spacial score (nSPS) is 23.4. The summed E-state index contributed by atoms with van der Waals surface area (Å²) in [6, 6.07) is 8.05. The van der Waals surface area contributed by atoms with Gasteiger partial charge in [0, 0.05) is 25.1 Å². The number of hydrogen-bond donors (Lipinski definition) is 1. The molecule has 1 saturated carbocycles. The smallest absolute Gasteiger partial charge is 0.229 e. The second-order valence-electron chi connectivity index (χ2n) is 10.0. The van der Waals surface area contributed by atoms with Crippen LogP contribution < -0.4 is 5.32 Å². The summed E-state index contributed by atoms with van der Waals surface area (Å²) in [5, 5.41) is 16.6. The average Bonchev–Trinajstić information content (AvgIpc) is 3.31. The molecule has 1 atom stereocenters. The Balaban J connectivity index is 1.58. The zero-order chi connectivity index (χ0) is 22.8. The quantitative estimate of drug-likeness (QED) is 0.518. The minimum atomic E-state index is -0.325. The molecule has 2 aliphatic rings. The molecule has 4 rings (SSSR count). The molecule has 1 aromatic carbocycles. The topological polar surface area (TPSA) is 93.0 Å². The Morgan fingerprint density at radius 1 is 1.00 bits per heavy atom. The number of hydrogen-bond acceptors (Lipinski definition) is 6. The summed E-state index contributed by atoms with van der Waals surface area (Å²) >= 11 is 0. The number of rotatable bonds is 7. The first-order valence-electron chi connectivity index (χ1n) is 11.8. The summed E-state index contributed by atoms with van der Waals surface area (Å²) in [4.78, 5) is 25.2. The molecule has 8 heteroatoms. The fourth-order valence-electron chi connectivity index (χ4n) is 4.94. The zero-order valence-corrected chi connectivity index (χ0v) is 19.4. The van der Waals surface area contributed by atoms with E-state index in [0.29, 0.717) is 24.8 Å². The summed E-state index contributed by atoms with van der Waals surface area (Å²) in [5.74, 6) is 0.745. The Morgan fingerprint density at radius 3 is 2.41 bits per heavy atom. The highest BCUT2D eigenvalue weighted by Gasteiger charge is 2.41. The van der Waals surface area contributed by atoms with Crippen LogP contribution in [-0.4, -0.2) is 36.9 Å². The molecule has 0 spiro atoms. The van der Waals surface area contributed by atoms with Crippen molar-refractivity contribution in [1.29, 1.82) is 0 Å². The number of aryl methyl sites for hydroxylation is 1. The fraction of sp³-hybridized carbons (Fsp3) is 0.625. The van der Waals surface area contributed by atoms with Crippen molar-refractivity contribution < 1.29 is 9.59 Å². The van der Waals surface area contributed by atoms with E-state index in [-0.39, 0.29) is 17.4 Å². The zero-order valence-electron chi connectivity index (χ0n) is 19.4. The number of amides is 2. The number of tetrazole rings is 1. The maximum absolute atomic E-state index is 11.9. The van der Waals surface area contributed by atoms with Crippen molar-refractivity contribution in [3.8, 4) is 0 Å². The van der Waals surface area contributed by atoms with Crippen molar-refractivity contribution in [1.82, 2.24) is 25.1 Å². The molecule has 2 fully saturated rings. The number of carbonyl (C=O) groups excluding carboxylic acids is 2. The summed E-state index contributed by atoms with van der Waals surface area (Å²) < 4.78 is 1.95. The summed E-state index contributed by atoms with van der Waals surface area (Å²) in [5.41, 5.74) is 1.92. The first-order chi connectivity index (χ1) is 15.3. The van der Waals surface area contributed by atoms with Crippen molar-refractivity contribution in [2.24, 2.45) is 5.41 Å². The van der Waals surface area contributed by atoms with E-state index in [0.717, 1.165) is 55.7 Å². The monoisotopic (exact) mass is 438 g/mol. The third-order valence-electron chi connectivity index (χ3n) is 6.91. The van der Waals surface area contributed by atoms with Gasteiger partial charge in [-0.05, 0) is 65.6 Å². The summed E-state index contributed by atoms with van der Waals surface area (Å²) in [6.45, 7) is 7.95. The Hall–Kier alpha value is -2.77. The number of aromatic nitrogens is 4. The molecule has 2 heterocycles. The molecule has 2 aromatic rings. The van der Waals surface area contributed by atoms with Crippen LogP contribution in [0.25, 0.3) is 0 Å². The number of benzene rings is 1. The Kier molecular flexibility index (Phi) is 6.31. The SMILES string of the molecule is CCCn1nnnc1C1(Nc2ccc(CN3C(=O)CCC3=O)cc2)CCCC(C)(C)CC1. The maximum Gasteiger partial charge on any atom is 0.229 e. The van der Waals surface area contributed by atoms with E-state index in [9.17, 15) is 9.59 Å². The minimum absolute atomic E-state index is 0.0833. The molecule has 172 valence electrons. The van der Waals surface area contributed by atoms with Gasteiger partial charge in [-0.1, -0.05) is 39.3 Å². The van der Waals surface area contributed by atoms with Crippen LogP contribution >= 0.6 is 0 Å². The van der Waals surface area contributed by atoms with Crippen LogP contribution in [0.3, 0.4) is 0 Å². The Morgan fingerprint density at radius 2 is 1.72 bits per heavy atom. The van der Waals surface area contributed by atoms with Crippen molar-refractivity contribution in [3.05, 3.63) is 35.7 Å². The lowest BCUT2D eigenvalue weighted by Crippen LogP contribution is -2.38. The number of nitrogens with one attached hydrogen (secondary N) is 1. The van der Waals surface area contributed by atoms with E-state index in [4.69, 9.17) is 0 Å². The third-order valence-corrected chi connectivity index (χ3v) is 6.91. The lowest BCUT2D eigenvalue weighted by atomic mass is 9.83. The average molecular weight is 439 g/mol. The molecule has 1 saturated heterocycles. The van der Waals surface area contributed by atoms with Gasteiger partial charge in [0.05, 0.1) is 12.1 Å². The highest BCUT2D eigenvalue weighted by Crippen LogP contribution is 2.44. The van der Waals surface area contributed by atoms with Gasteiger partial charge in [0.15, 0.2) is 5.82 Å². The largest absolute Gasteiger partial charge is 0.373 e. The van der Waals surface area contributed by atoms with Gasteiger partial charge in [-0.2, -0.15) is 0 Å². The second kappa shape index (κ2) is 9.00. The van der Waals surface area contributed by atoms with Crippen LogP contribution in [0.1, 0.15) is 83.5 Å². The molecule has 1 unspecified atom stereocenters. The van der Waals surface area contributed by atoms with Crippen molar-refractivity contribution in [2.45, 2.75) is 90.8 Å². The van der Waals surface area contributed by atoms with E-state index >= 15 is 0 Å².